The molecule has 3 N–H and O–H groups in total. The van der Waals surface area contributed by atoms with Crippen molar-refractivity contribution in [3.8, 4) is 0 Å². The van der Waals surface area contributed by atoms with Gasteiger partial charge < -0.3 is 11.1 Å². The van der Waals surface area contributed by atoms with E-state index in [1.165, 1.54) is 12.8 Å². The van der Waals surface area contributed by atoms with Crippen LogP contribution in [0.2, 0.25) is 0 Å². The van der Waals surface area contributed by atoms with Crippen LogP contribution in [0.5, 0.6) is 0 Å². The van der Waals surface area contributed by atoms with E-state index in [-0.39, 0.29) is 5.91 Å². The SMILES string of the molecule is Nc1nn(C2CCCC2)cc1C(=O)NC1CC1. The number of rotatable bonds is 3. The summed E-state index contributed by atoms with van der Waals surface area (Å²) in [4.78, 5) is 11.9. The molecule has 5 heteroatoms. The molecule has 1 aromatic heterocycles. The van der Waals surface area contributed by atoms with Crippen LogP contribution in [0.4, 0.5) is 5.82 Å². The van der Waals surface area contributed by atoms with Gasteiger partial charge in [0, 0.05) is 12.2 Å². The molecule has 0 atom stereocenters. The Kier molecular flexibility index (Phi) is 2.53. The van der Waals surface area contributed by atoms with Gasteiger partial charge in [-0.2, -0.15) is 5.10 Å². The number of carbonyl (C=O) groups excluding carboxylic acids is 1. The molecule has 0 bridgehead atoms. The van der Waals surface area contributed by atoms with Crippen LogP contribution in [0.25, 0.3) is 0 Å². The van der Waals surface area contributed by atoms with Gasteiger partial charge in [0.1, 0.15) is 5.56 Å². The van der Waals surface area contributed by atoms with Crippen LogP contribution in [0.15, 0.2) is 6.20 Å². The molecule has 1 aromatic rings. The van der Waals surface area contributed by atoms with Crippen molar-refractivity contribution in [1.29, 1.82) is 0 Å². The summed E-state index contributed by atoms with van der Waals surface area (Å²) in [6, 6.07) is 0.788. The second-order valence-electron chi connectivity index (χ2n) is 5.09. The molecule has 0 aliphatic heterocycles. The Bertz CT molecular complexity index is 430. The van der Waals surface area contributed by atoms with E-state index in [2.05, 4.69) is 10.4 Å². The van der Waals surface area contributed by atoms with Gasteiger partial charge in [0.15, 0.2) is 5.82 Å². The zero-order chi connectivity index (χ0) is 11.8. The number of aromatic nitrogens is 2. The summed E-state index contributed by atoms with van der Waals surface area (Å²) in [5.41, 5.74) is 6.34. The van der Waals surface area contributed by atoms with Gasteiger partial charge in [0.25, 0.3) is 5.91 Å². The lowest BCUT2D eigenvalue weighted by molar-refractivity contribution is 0.0952. The summed E-state index contributed by atoms with van der Waals surface area (Å²) >= 11 is 0. The van der Waals surface area contributed by atoms with Gasteiger partial charge in [-0.05, 0) is 25.7 Å². The van der Waals surface area contributed by atoms with Crippen molar-refractivity contribution in [2.45, 2.75) is 50.6 Å². The molecule has 1 amide bonds. The van der Waals surface area contributed by atoms with Gasteiger partial charge in [0.2, 0.25) is 0 Å². The quantitative estimate of drug-likeness (QED) is 0.831. The normalized spacial score (nSPS) is 20.7. The van der Waals surface area contributed by atoms with Crippen molar-refractivity contribution >= 4 is 11.7 Å². The van der Waals surface area contributed by atoms with Crippen LogP contribution in [-0.2, 0) is 0 Å². The van der Waals surface area contributed by atoms with E-state index in [4.69, 9.17) is 5.73 Å². The lowest BCUT2D eigenvalue weighted by atomic mass is 10.2. The number of nitrogens with one attached hydrogen (secondary N) is 1. The molecule has 2 fully saturated rings. The van der Waals surface area contributed by atoms with Gasteiger partial charge in [-0.3, -0.25) is 9.48 Å². The Balaban J connectivity index is 1.76. The highest BCUT2D eigenvalue weighted by molar-refractivity contribution is 5.98. The highest BCUT2D eigenvalue weighted by Crippen LogP contribution is 2.30. The number of hydrogen-bond acceptors (Lipinski definition) is 3. The highest BCUT2D eigenvalue weighted by Gasteiger charge is 2.26. The van der Waals surface area contributed by atoms with E-state index in [9.17, 15) is 4.79 Å². The van der Waals surface area contributed by atoms with Crippen LogP contribution in [0.3, 0.4) is 0 Å². The maximum atomic E-state index is 11.9. The van der Waals surface area contributed by atoms with E-state index in [0.717, 1.165) is 25.7 Å². The van der Waals surface area contributed by atoms with Gasteiger partial charge in [-0.1, -0.05) is 12.8 Å². The Morgan fingerprint density at radius 2 is 2.06 bits per heavy atom. The third-order valence-electron chi connectivity index (χ3n) is 3.62. The number of amides is 1. The first-order valence-corrected chi connectivity index (χ1v) is 6.39. The first-order valence-electron chi connectivity index (χ1n) is 6.39. The predicted molar refractivity (Wildman–Crippen MR) is 64.6 cm³/mol. The average molecular weight is 234 g/mol. The fraction of sp³-hybridized carbons (Fsp3) is 0.667. The predicted octanol–water partition coefficient (Wildman–Crippen LogP) is 1.47. The number of nitrogen functional groups attached to an aromatic ring is 1. The van der Waals surface area contributed by atoms with Gasteiger partial charge >= 0.3 is 0 Å². The summed E-state index contributed by atoms with van der Waals surface area (Å²) in [7, 11) is 0. The molecule has 2 saturated carbocycles. The van der Waals surface area contributed by atoms with E-state index in [1.807, 2.05) is 10.9 Å². The smallest absolute Gasteiger partial charge is 0.256 e. The fourth-order valence-electron chi connectivity index (χ4n) is 2.43. The van der Waals surface area contributed by atoms with Gasteiger partial charge in [-0.15, -0.1) is 0 Å². The van der Waals surface area contributed by atoms with Crippen LogP contribution < -0.4 is 11.1 Å². The van der Waals surface area contributed by atoms with Crippen molar-refractivity contribution in [1.82, 2.24) is 15.1 Å². The average Bonchev–Trinajstić information content (AvgIpc) is 2.83. The second-order valence-corrected chi connectivity index (χ2v) is 5.09. The minimum atomic E-state index is -0.0748. The van der Waals surface area contributed by atoms with E-state index < -0.39 is 0 Å². The van der Waals surface area contributed by atoms with E-state index in [0.29, 0.717) is 23.5 Å². The maximum Gasteiger partial charge on any atom is 0.256 e. The van der Waals surface area contributed by atoms with Crippen LogP contribution in [0, 0.1) is 0 Å². The first kappa shape index (κ1) is 10.6. The van der Waals surface area contributed by atoms with Gasteiger partial charge in [-0.25, -0.2) is 0 Å². The number of nitrogens with zero attached hydrogens (tertiary/aromatic N) is 2. The molecule has 92 valence electrons. The number of carbonyl (C=O) groups is 1. The number of nitrogens with two attached hydrogens (primary N) is 1. The molecular formula is C12H18N4O. The number of hydrogen-bond donors (Lipinski definition) is 2. The monoisotopic (exact) mass is 234 g/mol. The second kappa shape index (κ2) is 4.05. The third kappa shape index (κ3) is 2.14. The van der Waals surface area contributed by atoms with Crippen LogP contribution >= 0.6 is 0 Å². The minimum absolute atomic E-state index is 0.0748. The largest absolute Gasteiger partial charge is 0.382 e. The standard InChI is InChI=1S/C12H18N4O/c13-11-10(12(17)14-8-5-6-8)7-16(15-11)9-3-1-2-4-9/h7-9H,1-6H2,(H2,13,15)(H,14,17). The van der Waals surface area contributed by atoms with Crippen molar-refractivity contribution in [3.05, 3.63) is 11.8 Å². The van der Waals surface area contributed by atoms with Crippen molar-refractivity contribution < 1.29 is 4.79 Å². The summed E-state index contributed by atoms with van der Waals surface area (Å²) in [5.74, 6) is 0.282. The molecule has 1 heterocycles. The summed E-state index contributed by atoms with van der Waals surface area (Å²) in [6.45, 7) is 0. The molecule has 0 radical (unpaired) electrons. The Labute approximate surface area is 100 Å². The molecule has 0 aromatic carbocycles. The minimum Gasteiger partial charge on any atom is -0.382 e. The number of anilines is 1. The highest BCUT2D eigenvalue weighted by atomic mass is 16.1. The molecule has 17 heavy (non-hydrogen) atoms. The van der Waals surface area contributed by atoms with E-state index in [1.54, 1.807) is 0 Å². The van der Waals surface area contributed by atoms with E-state index >= 15 is 0 Å². The fourth-order valence-corrected chi connectivity index (χ4v) is 2.43. The third-order valence-corrected chi connectivity index (χ3v) is 3.62. The van der Waals surface area contributed by atoms with Crippen molar-refractivity contribution in [2.75, 3.05) is 5.73 Å². The maximum absolute atomic E-state index is 11.9. The first-order chi connectivity index (χ1) is 8.24. The molecule has 0 spiro atoms. The molecular weight excluding hydrogens is 216 g/mol. The summed E-state index contributed by atoms with van der Waals surface area (Å²) < 4.78 is 1.88. The summed E-state index contributed by atoms with van der Waals surface area (Å²) in [5, 5.41) is 7.22. The molecule has 2 aliphatic rings. The Morgan fingerprint density at radius 1 is 1.35 bits per heavy atom. The Morgan fingerprint density at radius 3 is 2.71 bits per heavy atom. The van der Waals surface area contributed by atoms with Crippen molar-refractivity contribution in [3.63, 3.8) is 0 Å². The Hall–Kier alpha value is -1.52. The molecule has 3 rings (SSSR count). The molecule has 0 unspecified atom stereocenters. The van der Waals surface area contributed by atoms with Crippen molar-refractivity contribution in [2.24, 2.45) is 0 Å². The van der Waals surface area contributed by atoms with Crippen LogP contribution in [0.1, 0.15) is 54.9 Å². The topological polar surface area (TPSA) is 72.9 Å². The summed E-state index contributed by atoms with van der Waals surface area (Å²) in [6.07, 6.45) is 8.76. The zero-order valence-electron chi connectivity index (χ0n) is 9.85. The van der Waals surface area contributed by atoms with Gasteiger partial charge in [0.05, 0.1) is 6.04 Å². The van der Waals surface area contributed by atoms with Crippen LogP contribution in [-0.4, -0.2) is 21.7 Å². The lowest BCUT2D eigenvalue weighted by Crippen LogP contribution is -2.25. The zero-order valence-corrected chi connectivity index (χ0v) is 9.85. The molecule has 5 nitrogen and oxygen atoms in total. The molecule has 0 saturated heterocycles. The molecule has 2 aliphatic carbocycles. The lowest BCUT2D eigenvalue weighted by Gasteiger charge is -2.08.